The minimum Gasteiger partial charge on any atom is -0.491 e. The molecule has 4 rings (SSSR count). The van der Waals surface area contributed by atoms with Crippen LogP contribution >= 0.6 is 0 Å². The summed E-state index contributed by atoms with van der Waals surface area (Å²) in [6.07, 6.45) is 6.17. The van der Waals surface area contributed by atoms with Gasteiger partial charge in [0.05, 0.1) is 11.0 Å². The molecule has 0 bridgehead atoms. The number of piperidine rings is 1. The zero-order valence-corrected chi connectivity index (χ0v) is 25.8. The highest BCUT2D eigenvalue weighted by Crippen LogP contribution is 2.32. The van der Waals surface area contributed by atoms with Crippen molar-refractivity contribution in [3.05, 3.63) is 77.1 Å². The van der Waals surface area contributed by atoms with Gasteiger partial charge in [-0.3, -0.25) is 4.79 Å². The van der Waals surface area contributed by atoms with E-state index in [1.54, 1.807) is 18.2 Å². The van der Waals surface area contributed by atoms with Gasteiger partial charge in [-0.05, 0) is 102 Å². The normalized spacial score (nSPS) is 17.5. The number of carbonyl (C=O) groups excluding carboxylic acids is 1. The first-order valence-corrected chi connectivity index (χ1v) is 15.0. The van der Waals surface area contributed by atoms with Crippen LogP contribution in [0.3, 0.4) is 0 Å². The summed E-state index contributed by atoms with van der Waals surface area (Å²) >= 11 is 0. The first-order valence-electron chi connectivity index (χ1n) is 15.0. The van der Waals surface area contributed by atoms with Crippen molar-refractivity contribution in [2.45, 2.75) is 64.6 Å². The Kier molecular flexibility index (Phi) is 11.0. The molecule has 10 heteroatoms. The number of ether oxygens (including phenoxy) is 1. The van der Waals surface area contributed by atoms with Crippen molar-refractivity contribution in [3.63, 3.8) is 0 Å². The van der Waals surface area contributed by atoms with Crippen LogP contribution in [0.5, 0.6) is 5.75 Å². The number of likely N-dealkylation sites (tertiary alicyclic amines) is 1. The van der Waals surface area contributed by atoms with E-state index in [0.29, 0.717) is 29.7 Å². The van der Waals surface area contributed by atoms with E-state index in [1.165, 1.54) is 29.5 Å². The van der Waals surface area contributed by atoms with Gasteiger partial charge in [0.1, 0.15) is 30.1 Å². The number of carbonyl (C=O) groups is 1. The predicted octanol–water partition coefficient (Wildman–Crippen LogP) is 4.34. The number of fused-ring (bicyclic) bond motifs is 1. The maximum Gasteiger partial charge on any atom is 0.211 e. The highest BCUT2D eigenvalue weighted by atomic mass is 19.1. The van der Waals surface area contributed by atoms with E-state index in [1.807, 2.05) is 6.92 Å². The van der Waals surface area contributed by atoms with E-state index in [2.05, 4.69) is 65.8 Å². The lowest BCUT2D eigenvalue weighted by molar-refractivity contribution is -0.108. The number of nitrogens with zero attached hydrogens (tertiary/aromatic N) is 2. The smallest absolute Gasteiger partial charge is 0.211 e. The summed E-state index contributed by atoms with van der Waals surface area (Å²) in [4.78, 5) is 21.6. The predicted molar refractivity (Wildman–Crippen MR) is 169 cm³/mol. The maximum absolute atomic E-state index is 13.4. The number of hydrogen-bond acceptors (Lipinski definition) is 7. The Morgan fingerprint density at radius 3 is 2.77 bits per heavy atom. The summed E-state index contributed by atoms with van der Waals surface area (Å²) in [5.74, 6) is 0.621. The summed E-state index contributed by atoms with van der Waals surface area (Å²) in [6.45, 7) is 10.9. The molecule has 1 aliphatic rings. The first-order chi connectivity index (χ1) is 20.6. The highest BCUT2D eigenvalue weighted by molar-refractivity contribution is 5.81. The zero-order chi connectivity index (χ0) is 31.0. The molecule has 0 spiro atoms. The Labute approximate surface area is 253 Å². The maximum atomic E-state index is 13.4. The number of hydrogen-bond donors (Lipinski definition) is 5. The molecule has 232 valence electrons. The van der Waals surface area contributed by atoms with Crippen LogP contribution in [0, 0.1) is 12.7 Å². The molecule has 5 N–H and O–H groups in total. The lowest BCUT2D eigenvalue weighted by atomic mass is 9.84. The largest absolute Gasteiger partial charge is 0.491 e. The van der Waals surface area contributed by atoms with Crippen molar-refractivity contribution in [3.8, 4) is 5.75 Å². The number of amides is 1. The Balaban J connectivity index is 1.54. The monoisotopic (exact) mass is 592 g/mol. The Hall–Kier alpha value is -3.73. The highest BCUT2D eigenvalue weighted by Gasteiger charge is 2.31. The minimum atomic E-state index is -0.872. The third kappa shape index (κ3) is 8.43. The van der Waals surface area contributed by atoms with Gasteiger partial charge in [0.2, 0.25) is 6.41 Å². The van der Waals surface area contributed by atoms with Crippen LogP contribution < -0.4 is 20.7 Å². The average molecular weight is 593 g/mol. The molecule has 2 heterocycles. The van der Waals surface area contributed by atoms with E-state index >= 15 is 0 Å². The van der Waals surface area contributed by atoms with Gasteiger partial charge in [0, 0.05) is 41.7 Å². The molecule has 2 aromatic carbocycles. The number of aromatic nitrogens is 2. The fourth-order valence-electron chi connectivity index (χ4n) is 5.56. The van der Waals surface area contributed by atoms with Crippen molar-refractivity contribution in [2.75, 3.05) is 33.3 Å². The van der Waals surface area contributed by atoms with Crippen molar-refractivity contribution in [1.29, 1.82) is 0 Å². The standard InChI is InChI=1S/C33H45FN6O3/c1-6-33(4,39-25-11-14-40(5)15-12-25)28-18-31-30(16-22(28)2)37-32(38-31)23(3)29(10-13-35-21-41)36-19-26(42)20-43-27-9-7-8-24(34)17-27/h7-10,13,16-18,21,25-26,36,39,42H,6,11-12,14-15,19-20H2,1-5H3,(H,35,41)(H,37,38)/b13-10-,29-23-. The van der Waals surface area contributed by atoms with Crippen LogP contribution in [0.4, 0.5) is 4.39 Å². The van der Waals surface area contributed by atoms with Crippen LogP contribution in [-0.4, -0.2) is 71.8 Å². The molecule has 0 saturated carbocycles. The summed E-state index contributed by atoms with van der Waals surface area (Å²) in [5, 5.41) is 20.3. The van der Waals surface area contributed by atoms with Gasteiger partial charge in [0.15, 0.2) is 0 Å². The lowest BCUT2D eigenvalue weighted by Gasteiger charge is -2.39. The molecule has 3 aromatic rings. The summed E-state index contributed by atoms with van der Waals surface area (Å²) in [6, 6.07) is 10.6. The van der Waals surface area contributed by atoms with Gasteiger partial charge in [-0.15, -0.1) is 0 Å². The number of imidazole rings is 1. The van der Waals surface area contributed by atoms with Gasteiger partial charge < -0.3 is 35.7 Å². The van der Waals surface area contributed by atoms with Crippen LogP contribution in [-0.2, 0) is 10.3 Å². The van der Waals surface area contributed by atoms with E-state index in [0.717, 1.165) is 49.0 Å². The molecule has 1 fully saturated rings. The molecule has 1 aromatic heterocycles. The number of benzene rings is 2. The Morgan fingerprint density at radius 2 is 2.07 bits per heavy atom. The number of aromatic amines is 1. The second-order valence-electron chi connectivity index (χ2n) is 11.6. The van der Waals surface area contributed by atoms with Gasteiger partial charge in [-0.25, -0.2) is 9.37 Å². The quantitative estimate of drug-likeness (QED) is 0.140. The molecule has 2 unspecified atom stereocenters. The molecule has 2 atom stereocenters. The number of rotatable bonds is 14. The van der Waals surface area contributed by atoms with Crippen LogP contribution in [0.25, 0.3) is 16.6 Å². The fraction of sp³-hybridized carbons (Fsp3) is 0.455. The number of halogens is 1. The molecule has 0 radical (unpaired) electrons. The SMILES string of the molecule is CCC(C)(NC1CCN(C)CC1)c1cc2nc(/C(C)=C(/C=C\NC=O)NCC(O)COc3cccc(F)c3)[nH]c2cc1C. The van der Waals surface area contributed by atoms with Gasteiger partial charge in [-0.2, -0.15) is 0 Å². The lowest BCUT2D eigenvalue weighted by Crippen LogP contribution is -2.50. The van der Waals surface area contributed by atoms with Crippen LogP contribution in [0.2, 0.25) is 0 Å². The number of aliphatic hydroxyl groups excluding tert-OH is 1. The fourth-order valence-corrected chi connectivity index (χ4v) is 5.56. The molecule has 1 saturated heterocycles. The van der Waals surface area contributed by atoms with Gasteiger partial charge >= 0.3 is 0 Å². The third-order valence-corrected chi connectivity index (χ3v) is 8.31. The van der Waals surface area contributed by atoms with Crippen molar-refractivity contribution in [1.82, 2.24) is 30.8 Å². The third-order valence-electron chi connectivity index (χ3n) is 8.31. The number of nitrogens with one attached hydrogen (secondary N) is 4. The zero-order valence-electron chi connectivity index (χ0n) is 25.8. The average Bonchev–Trinajstić information content (AvgIpc) is 3.41. The van der Waals surface area contributed by atoms with E-state index in [-0.39, 0.29) is 18.7 Å². The van der Waals surface area contributed by atoms with Gasteiger partial charge in [-0.1, -0.05) is 13.0 Å². The van der Waals surface area contributed by atoms with Crippen molar-refractivity contribution < 1.29 is 19.0 Å². The molecule has 1 amide bonds. The molecule has 9 nitrogen and oxygen atoms in total. The van der Waals surface area contributed by atoms with E-state index < -0.39 is 11.9 Å². The second kappa shape index (κ2) is 14.6. The molecular weight excluding hydrogens is 547 g/mol. The molecular formula is C33H45FN6O3. The van der Waals surface area contributed by atoms with E-state index in [4.69, 9.17) is 9.72 Å². The van der Waals surface area contributed by atoms with Crippen molar-refractivity contribution >= 4 is 23.0 Å². The first kappa shape index (κ1) is 32.2. The topological polar surface area (TPSA) is 115 Å². The number of allylic oxidation sites excluding steroid dienone is 2. The molecule has 1 aliphatic heterocycles. The van der Waals surface area contributed by atoms with Crippen molar-refractivity contribution in [2.24, 2.45) is 0 Å². The summed E-state index contributed by atoms with van der Waals surface area (Å²) < 4.78 is 19.0. The van der Waals surface area contributed by atoms with E-state index in [9.17, 15) is 14.3 Å². The second-order valence-corrected chi connectivity index (χ2v) is 11.6. The number of aliphatic hydroxyl groups is 1. The number of aryl methyl sites for hydroxylation is 1. The van der Waals surface area contributed by atoms with Gasteiger partial charge in [0.25, 0.3) is 0 Å². The Bertz CT molecular complexity index is 1450. The summed E-state index contributed by atoms with van der Waals surface area (Å²) in [5.41, 5.74) is 5.55. The number of H-pyrrole nitrogens is 1. The molecule has 43 heavy (non-hydrogen) atoms. The summed E-state index contributed by atoms with van der Waals surface area (Å²) in [7, 11) is 2.18. The minimum absolute atomic E-state index is 0.0203. The van der Waals surface area contributed by atoms with Crippen LogP contribution in [0.15, 0.2) is 54.4 Å². The molecule has 0 aliphatic carbocycles. The Morgan fingerprint density at radius 1 is 1.30 bits per heavy atom. The van der Waals surface area contributed by atoms with Crippen LogP contribution in [0.1, 0.15) is 57.0 Å².